The van der Waals surface area contributed by atoms with Crippen molar-refractivity contribution in [2.24, 2.45) is 0 Å². The fourth-order valence-corrected chi connectivity index (χ4v) is 2.15. The minimum atomic E-state index is -0.421. The summed E-state index contributed by atoms with van der Waals surface area (Å²) in [6.45, 7) is 4.60. The van der Waals surface area contributed by atoms with Crippen LogP contribution in [0.4, 0.5) is 0 Å². The molecule has 0 unspecified atom stereocenters. The van der Waals surface area contributed by atoms with Crippen LogP contribution in [0.5, 0.6) is 5.75 Å². The van der Waals surface area contributed by atoms with E-state index >= 15 is 0 Å². The lowest BCUT2D eigenvalue weighted by atomic mass is 10.2. The zero-order valence-corrected chi connectivity index (χ0v) is 14.1. The number of carbonyl (C=O) groups is 2. The highest BCUT2D eigenvalue weighted by molar-refractivity contribution is 9.10. The summed E-state index contributed by atoms with van der Waals surface area (Å²) in [4.78, 5) is 24.9. The summed E-state index contributed by atoms with van der Waals surface area (Å²) in [5.74, 6) is 0.0301. The van der Waals surface area contributed by atoms with Crippen LogP contribution in [-0.4, -0.2) is 43.6 Å². The highest BCUT2D eigenvalue weighted by Crippen LogP contribution is 2.26. The molecule has 116 valence electrons. The molecule has 0 atom stereocenters. The maximum absolute atomic E-state index is 12.2. The van der Waals surface area contributed by atoms with Gasteiger partial charge in [-0.15, -0.1) is 0 Å². The Morgan fingerprint density at radius 2 is 2.00 bits per heavy atom. The van der Waals surface area contributed by atoms with Crippen LogP contribution in [-0.2, 0) is 9.53 Å². The largest absolute Gasteiger partial charge is 0.492 e. The van der Waals surface area contributed by atoms with Gasteiger partial charge >= 0.3 is 5.97 Å². The van der Waals surface area contributed by atoms with E-state index in [2.05, 4.69) is 15.9 Å². The molecular weight excluding hydrogens is 338 g/mol. The second kappa shape index (κ2) is 8.67. The highest BCUT2D eigenvalue weighted by Gasteiger charge is 2.16. The zero-order valence-electron chi connectivity index (χ0n) is 12.5. The molecule has 0 aliphatic carbocycles. The minimum Gasteiger partial charge on any atom is -0.492 e. The van der Waals surface area contributed by atoms with Crippen molar-refractivity contribution < 1.29 is 19.1 Å². The molecule has 21 heavy (non-hydrogen) atoms. The average Bonchev–Trinajstić information content (AvgIpc) is 2.45. The third kappa shape index (κ3) is 5.38. The van der Waals surface area contributed by atoms with Gasteiger partial charge in [0, 0.05) is 12.6 Å². The van der Waals surface area contributed by atoms with Crippen molar-refractivity contribution in [3.8, 4) is 5.75 Å². The molecule has 0 fully saturated rings. The Hall–Kier alpha value is -1.56. The molecule has 1 aromatic carbocycles. The Kier molecular flexibility index (Phi) is 7.22. The Morgan fingerprint density at radius 3 is 2.57 bits per heavy atom. The topological polar surface area (TPSA) is 55.8 Å². The van der Waals surface area contributed by atoms with Crippen molar-refractivity contribution in [3.63, 3.8) is 0 Å². The number of likely N-dealkylation sites (N-methyl/N-ethyl adjacent to an activating group) is 1. The Morgan fingerprint density at radius 1 is 1.29 bits per heavy atom. The molecule has 0 radical (unpaired) electrons. The molecule has 0 heterocycles. The Bertz CT molecular complexity index is 504. The standard InChI is InChI=1S/C15H20BrNO4/c1-4-8-21-13-7-6-11(9-12(13)16)15(19)17(3)10-14(18)20-5-2/h6-7,9H,4-5,8,10H2,1-3H3. The molecular formula is C15H20BrNO4. The number of amides is 1. The van der Waals surface area contributed by atoms with Gasteiger partial charge in [-0.1, -0.05) is 6.92 Å². The number of benzene rings is 1. The maximum Gasteiger partial charge on any atom is 0.325 e. The number of hydrogen-bond acceptors (Lipinski definition) is 4. The zero-order chi connectivity index (χ0) is 15.8. The van der Waals surface area contributed by atoms with Gasteiger partial charge < -0.3 is 14.4 Å². The van der Waals surface area contributed by atoms with Gasteiger partial charge in [-0.25, -0.2) is 0 Å². The van der Waals surface area contributed by atoms with Gasteiger partial charge in [0.2, 0.25) is 0 Å². The van der Waals surface area contributed by atoms with Crippen LogP contribution < -0.4 is 4.74 Å². The fraction of sp³-hybridized carbons (Fsp3) is 0.467. The number of halogens is 1. The number of esters is 1. The van der Waals surface area contributed by atoms with E-state index in [0.29, 0.717) is 29.0 Å². The van der Waals surface area contributed by atoms with Gasteiger partial charge in [-0.3, -0.25) is 9.59 Å². The van der Waals surface area contributed by atoms with Crippen molar-refractivity contribution in [2.75, 3.05) is 26.8 Å². The van der Waals surface area contributed by atoms with Crippen LogP contribution in [0.1, 0.15) is 30.6 Å². The van der Waals surface area contributed by atoms with Gasteiger partial charge in [0.25, 0.3) is 5.91 Å². The van der Waals surface area contributed by atoms with Crippen LogP contribution in [0, 0.1) is 0 Å². The summed E-state index contributed by atoms with van der Waals surface area (Å²) >= 11 is 3.38. The van der Waals surface area contributed by atoms with Crippen molar-refractivity contribution in [1.82, 2.24) is 4.90 Å². The fourth-order valence-electron chi connectivity index (χ4n) is 1.66. The summed E-state index contributed by atoms with van der Waals surface area (Å²) in [5.41, 5.74) is 0.484. The Labute approximate surface area is 133 Å². The predicted octanol–water partition coefficient (Wildman–Crippen LogP) is 2.87. The van der Waals surface area contributed by atoms with E-state index in [-0.39, 0.29) is 12.5 Å². The first kappa shape index (κ1) is 17.5. The van der Waals surface area contributed by atoms with Crippen molar-refractivity contribution in [1.29, 1.82) is 0 Å². The number of hydrogen-bond donors (Lipinski definition) is 0. The lowest BCUT2D eigenvalue weighted by Gasteiger charge is -2.16. The normalized spacial score (nSPS) is 10.1. The van der Waals surface area contributed by atoms with E-state index in [1.807, 2.05) is 6.92 Å². The molecule has 0 aliphatic heterocycles. The van der Waals surface area contributed by atoms with Crippen molar-refractivity contribution >= 4 is 27.8 Å². The first-order chi connectivity index (χ1) is 9.99. The molecule has 6 heteroatoms. The highest BCUT2D eigenvalue weighted by atomic mass is 79.9. The Balaban J connectivity index is 2.74. The summed E-state index contributed by atoms with van der Waals surface area (Å²) in [7, 11) is 1.56. The van der Waals surface area contributed by atoms with Crippen LogP contribution in [0.25, 0.3) is 0 Å². The van der Waals surface area contributed by atoms with E-state index in [1.54, 1.807) is 32.2 Å². The second-order valence-corrected chi connectivity index (χ2v) is 5.31. The first-order valence-electron chi connectivity index (χ1n) is 6.83. The van der Waals surface area contributed by atoms with Crippen LogP contribution in [0.3, 0.4) is 0 Å². The number of nitrogens with zero attached hydrogens (tertiary/aromatic N) is 1. The van der Waals surface area contributed by atoms with Crippen LogP contribution in [0.2, 0.25) is 0 Å². The van der Waals surface area contributed by atoms with Gasteiger partial charge in [-0.2, -0.15) is 0 Å². The monoisotopic (exact) mass is 357 g/mol. The SMILES string of the molecule is CCCOc1ccc(C(=O)N(C)CC(=O)OCC)cc1Br. The average molecular weight is 358 g/mol. The number of rotatable bonds is 7. The van der Waals surface area contributed by atoms with Crippen LogP contribution >= 0.6 is 15.9 Å². The van der Waals surface area contributed by atoms with Crippen LogP contribution in [0.15, 0.2) is 22.7 Å². The van der Waals surface area contributed by atoms with Gasteiger partial charge in [0.1, 0.15) is 12.3 Å². The summed E-state index contributed by atoms with van der Waals surface area (Å²) in [6.07, 6.45) is 0.912. The predicted molar refractivity (Wildman–Crippen MR) is 83.5 cm³/mol. The molecule has 5 nitrogen and oxygen atoms in total. The van der Waals surface area contributed by atoms with E-state index in [9.17, 15) is 9.59 Å². The molecule has 0 spiro atoms. The first-order valence-corrected chi connectivity index (χ1v) is 7.62. The molecule has 0 saturated carbocycles. The molecule has 0 saturated heterocycles. The van der Waals surface area contributed by atoms with E-state index in [1.165, 1.54) is 4.90 Å². The van der Waals surface area contributed by atoms with E-state index in [0.717, 1.165) is 6.42 Å². The summed E-state index contributed by atoms with van der Waals surface area (Å²) in [5, 5.41) is 0. The van der Waals surface area contributed by atoms with Crippen molar-refractivity contribution in [3.05, 3.63) is 28.2 Å². The maximum atomic E-state index is 12.2. The third-order valence-corrected chi connectivity index (χ3v) is 3.28. The molecule has 1 rings (SSSR count). The number of ether oxygens (including phenoxy) is 2. The second-order valence-electron chi connectivity index (χ2n) is 4.46. The molecule has 0 bridgehead atoms. The summed E-state index contributed by atoms with van der Waals surface area (Å²) < 4.78 is 11.1. The molecule has 1 aromatic rings. The molecule has 0 N–H and O–H groups in total. The smallest absolute Gasteiger partial charge is 0.325 e. The quantitative estimate of drug-likeness (QED) is 0.704. The lowest BCUT2D eigenvalue weighted by Crippen LogP contribution is -2.33. The summed E-state index contributed by atoms with van der Waals surface area (Å²) in [6, 6.07) is 5.11. The third-order valence-electron chi connectivity index (χ3n) is 2.66. The van der Waals surface area contributed by atoms with Gasteiger partial charge in [0.15, 0.2) is 0 Å². The van der Waals surface area contributed by atoms with Crippen molar-refractivity contribution in [2.45, 2.75) is 20.3 Å². The molecule has 0 aromatic heterocycles. The van der Waals surface area contributed by atoms with Gasteiger partial charge in [-0.05, 0) is 47.5 Å². The minimum absolute atomic E-state index is 0.0711. The van der Waals surface area contributed by atoms with E-state index < -0.39 is 5.97 Å². The number of carbonyl (C=O) groups excluding carboxylic acids is 2. The van der Waals surface area contributed by atoms with Gasteiger partial charge in [0.05, 0.1) is 17.7 Å². The molecule has 1 amide bonds. The lowest BCUT2D eigenvalue weighted by molar-refractivity contribution is -0.143. The van der Waals surface area contributed by atoms with E-state index in [4.69, 9.17) is 9.47 Å². The molecule has 0 aliphatic rings.